The normalized spacial score (nSPS) is 22.5. The summed E-state index contributed by atoms with van der Waals surface area (Å²) in [5, 5.41) is 0.0791. The summed E-state index contributed by atoms with van der Waals surface area (Å²) in [5.74, 6) is 4.24. The van der Waals surface area contributed by atoms with Crippen LogP contribution in [0.15, 0.2) is 0 Å². The van der Waals surface area contributed by atoms with Crippen LogP contribution < -0.4 is 0 Å². The molecule has 0 saturated carbocycles. The number of esters is 1. The van der Waals surface area contributed by atoms with Crippen LogP contribution in [0.1, 0.15) is 88.0 Å². The van der Waals surface area contributed by atoms with Crippen LogP contribution in [0.4, 0.5) is 0 Å². The molecule has 1 saturated heterocycles. The van der Waals surface area contributed by atoms with Crippen molar-refractivity contribution in [3.63, 3.8) is 0 Å². The van der Waals surface area contributed by atoms with Gasteiger partial charge in [-0.2, -0.15) is 0 Å². The van der Waals surface area contributed by atoms with Gasteiger partial charge in [0.15, 0.2) is 22.4 Å². The standard InChI is InChI=1S/C28H54O6Si2/c1-15-16-18-21(33-35(11,12)26(2,3)4)24-25(32-28(8,9)31-24)22(19-17-20-23(29)30-10)34-36(13,14)27(5,6)7/h21-22,24-25H,15-16,18-19H2,1-14H3/t21-,22+,24+,25+/m0/s1. The van der Waals surface area contributed by atoms with Crippen LogP contribution in [0.2, 0.25) is 36.3 Å². The summed E-state index contributed by atoms with van der Waals surface area (Å²) in [4.78, 5) is 11.7. The highest BCUT2D eigenvalue weighted by Gasteiger charge is 2.52. The minimum atomic E-state index is -2.19. The Morgan fingerprint density at radius 2 is 1.36 bits per heavy atom. The molecule has 0 spiro atoms. The predicted octanol–water partition coefficient (Wildman–Crippen LogP) is 7.04. The van der Waals surface area contributed by atoms with Crippen molar-refractivity contribution in [2.45, 2.75) is 154 Å². The van der Waals surface area contributed by atoms with Gasteiger partial charge in [-0.25, -0.2) is 4.79 Å². The maximum atomic E-state index is 11.7. The van der Waals surface area contributed by atoms with Crippen molar-refractivity contribution in [1.82, 2.24) is 0 Å². The summed E-state index contributed by atoms with van der Waals surface area (Å²) < 4.78 is 31.8. The Morgan fingerprint density at radius 1 is 0.917 bits per heavy atom. The van der Waals surface area contributed by atoms with E-state index in [4.69, 9.17) is 23.1 Å². The lowest BCUT2D eigenvalue weighted by Gasteiger charge is -2.43. The first kappa shape index (κ1) is 33.3. The quantitative estimate of drug-likeness (QED) is 0.128. The molecule has 1 aliphatic heterocycles. The monoisotopic (exact) mass is 542 g/mol. The van der Waals surface area contributed by atoms with E-state index in [1.54, 1.807) is 0 Å². The Morgan fingerprint density at radius 3 is 1.78 bits per heavy atom. The van der Waals surface area contributed by atoms with E-state index < -0.39 is 28.4 Å². The van der Waals surface area contributed by atoms with Crippen molar-refractivity contribution >= 4 is 22.6 Å². The Kier molecular flexibility index (Phi) is 11.5. The molecule has 210 valence electrons. The van der Waals surface area contributed by atoms with Crippen molar-refractivity contribution in [2.75, 3.05) is 7.11 Å². The Balaban J connectivity index is 3.48. The zero-order valence-corrected chi connectivity index (χ0v) is 27.6. The maximum Gasteiger partial charge on any atom is 0.384 e. The number of hydrogen-bond acceptors (Lipinski definition) is 6. The zero-order chi connectivity index (χ0) is 28.2. The average Bonchev–Trinajstić information content (AvgIpc) is 3.03. The zero-order valence-electron chi connectivity index (χ0n) is 25.6. The molecule has 4 atom stereocenters. The second-order valence-corrected chi connectivity index (χ2v) is 23.1. The first-order chi connectivity index (χ1) is 16.2. The van der Waals surface area contributed by atoms with Gasteiger partial charge in [-0.3, -0.25) is 0 Å². The summed E-state index contributed by atoms with van der Waals surface area (Å²) in [6.07, 6.45) is 2.23. The lowest BCUT2D eigenvalue weighted by Crippen LogP contribution is -2.53. The van der Waals surface area contributed by atoms with Crippen LogP contribution in [-0.2, 0) is 27.9 Å². The highest BCUT2D eigenvalue weighted by molar-refractivity contribution is 6.74. The minimum Gasteiger partial charge on any atom is -0.459 e. The number of carbonyl (C=O) groups excluding carboxylic acids is 1. The Labute approximate surface area is 223 Å². The Hall–Kier alpha value is -0.696. The predicted molar refractivity (Wildman–Crippen MR) is 152 cm³/mol. The third kappa shape index (κ3) is 9.25. The van der Waals surface area contributed by atoms with Crippen molar-refractivity contribution in [2.24, 2.45) is 0 Å². The van der Waals surface area contributed by atoms with Gasteiger partial charge in [0.1, 0.15) is 12.2 Å². The number of methoxy groups -OCH3 is 1. The van der Waals surface area contributed by atoms with Crippen molar-refractivity contribution in [3.8, 4) is 11.8 Å². The average molecular weight is 543 g/mol. The fraction of sp³-hybridized carbons (Fsp3) is 0.893. The molecule has 0 aromatic heterocycles. The molecule has 0 N–H and O–H groups in total. The van der Waals surface area contributed by atoms with Gasteiger partial charge in [-0.1, -0.05) is 67.2 Å². The molecular formula is C28H54O6Si2. The molecule has 0 amide bonds. The molecule has 0 aromatic rings. The van der Waals surface area contributed by atoms with Crippen LogP contribution in [0.3, 0.4) is 0 Å². The first-order valence-electron chi connectivity index (χ1n) is 13.5. The highest BCUT2D eigenvalue weighted by atomic mass is 28.4. The number of hydrogen-bond donors (Lipinski definition) is 0. The van der Waals surface area contributed by atoms with Gasteiger partial charge in [0.2, 0.25) is 0 Å². The largest absolute Gasteiger partial charge is 0.459 e. The molecule has 0 bridgehead atoms. The fourth-order valence-corrected chi connectivity index (χ4v) is 6.39. The number of carbonyl (C=O) groups is 1. The summed E-state index contributed by atoms with van der Waals surface area (Å²) >= 11 is 0. The van der Waals surface area contributed by atoms with E-state index in [1.807, 2.05) is 13.8 Å². The molecule has 0 radical (unpaired) electrons. The maximum absolute atomic E-state index is 11.7. The molecule has 6 nitrogen and oxygen atoms in total. The molecule has 1 rings (SSSR count). The second kappa shape index (κ2) is 12.4. The summed E-state index contributed by atoms with van der Waals surface area (Å²) in [6.45, 7) is 28.6. The molecule has 1 aliphatic rings. The smallest absolute Gasteiger partial charge is 0.384 e. The van der Waals surface area contributed by atoms with Gasteiger partial charge in [0.25, 0.3) is 0 Å². The molecular weight excluding hydrogens is 488 g/mol. The van der Waals surface area contributed by atoms with Gasteiger partial charge in [-0.15, -0.1) is 0 Å². The van der Waals surface area contributed by atoms with Crippen LogP contribution in [0.5, 0.6) is 0 Å². The topological polar surface area (TPSA) is 63.2 Å². The molecule has 1 fully saturated rings. The molecule has 0 aliphatic carbocycles. The number of unbranched alkanes of at least 4 members (excludes halogenated alkanes) is 1. The van der Waals surface area contributed by atoms with Gasteiger partial charge in [-0.05, 0) is 56.5 Å². The van der Waals surface area contributed by atoms with Crippen LogP contribution >= 0.6 is 0 Å². The molecule has 0 unspecified atom stereocenters. The lowest BCUT2D eigenvalue weighted by atomic mass is 9.98. The van der Waals surface area contributed by atoms with E-state index in [0.717, 1.165) is 19.3 Å². The third-order valence-electron chi connectivity index (χ3n) is 7.92. The number of ether oxygens (including phenoxy) is 3. The van der Waals surface area contributed by atoms with Gasteiger partial charge in [0, 0.05) is 12.3 Å². The highest BCUT2D eigenvalue weighted by Crippen LogP contribution is 2.43. The van der Waals surface area contributed by atoms with E-state index in [9.17, 15) is 4.79 Å². The molecule has 1 heterocycles. The molecule has 0 aromatic carbocycles. The fourth-order valence-electron chi connectivity index (χ4n) is 3.70. The van der Waals surface area contributed by atoms with E-state index in [1.165, 1.54) is 7.11 Å². The third-order valence-corrected chi connectivity index (χ3v) is 16.9. The van der Waals surface area contributed by atoms with E-state index in [2.05, 4.69) is 86.5 Å². The summed E-state index contributed by atoms with van der Waals surface area (Å²) in [7, 11) is -2.92. The van der Waals surface area contributed by atoms with Crippen molar-refractivity contribution in [3.05, 3.63) is 0 Å². The molecule has 36 heavy (non-hydrogen) atoms. The van der Waals surface area contributed by atoms with Crippen molar-refractivity contribution < 1.29 is 27.9 Å². The van der Waals surface area contributed by atoms with Crippen LogP contribution in [0, 0.1) is 11.8 Å². The van der Waals surface area contributed by atoms with E-state index in [-0.39, 0.29) is 34.5 Å². The number of rotatable bonds is 10. The van der Waals surface area contributed by atoms with Gasteiger partial charge in [0.05, 0.1) is 19.3 Å². The van der Waals surface area contributed by atoms with E-state index >= 15 is 0 Å². The minimum absolute atomic E-state index is 0.00472. The van der Waals surface area contributed by atoms with Gasteiger partial charge < -0.3 is 23.1 Å². The Bertz CT molecular complexity index is 783. The summed E-state index contributed by atoms with van der Waals surface area (Å²) in [6, 6.07) is 0. The van der Waals surface area contributed by atoms with Crippen molar-refractivity contribution in [1.29, 1.82) is 0 Å². The first-order valence-corrected chi connectivity index (χ1v) is 19.3. The second-order valence-electron chi connectivity index (χ2n) is 13.5. The van der Waals surface area contributed by atoms with Gasteiger partial charge >= 0.3 is 5.97 Å². The summed E-state index contributed by atoms with van der Waals surface area (Å²) in [5.41, 5.74) is 0. The molecule has 8 heteroatoms. The van der Waals surface area contributed by atoms with E-state index in [0.29, 0.717) is 6.42 Å². The van der Waals surface area contributed by atoms with Crippen LogP contribution in [0.25, 0.3) is 0 Å². The van der Waals surface area contributed by atoms with Crippen LogP contribution in [-0.4, -0.2) is 59.9 Å². The SMILES string of the molecule is CCCC[C@H](O[Si](C)(C)C(C)(C)C)[C@H]1OC(C)(C)O[C@@H]1[C@@H](CC#CC(=O)OC)O[Si](C)(C)C(C)(C)C. The lowest BCUT2D eigenvalue weighted by molar-refractivity contribution is -0.159.